The van der Waals surface area contributed by atoms with Crippen LogP contribution in [0, 0.1) is 0 Å². The molecule has 1 saturated heterocycles. The van der Waals surface area contributed by atoms with E-state index in [1.54, 1.807) is 24.5 Å². The van der Waals surface area contributed by atoms with Crippen LogP contribution in [-0.2, 0) is 4.79 Å². The lowest BCUT2D eigenvalue weighted by Crippen LogP contribution is -2.28. The van der Waals surface area contributed by atoms with Crippen molar-refractivity contribution in [3.63, 3.8) is 0 Å². The predicted octanol–water partition coefficient (Wildman–Crippen LogP) is 1.85. The van der Waals surface area contributed by atoms with Crippen molar-refractivity contribution in [1.29, 1.82) is 0 Å². The van der Waals surface area contributed by atoms with Gasteiger partial charge in [0.25, 0.3) is 5.91 Å². The Morgan fingerprint density at radius 3 is 2.61 bits per heavy atom. The summed E-state index contributed by atoms with van der Waals surface area (Å²) in [6.45, 7) is 0. The number of aromatic nitrogens is 1. The van der Waals surface area contributed by atoms with Gasteiger partial charge in [-0.1, -0.05) is 42.2 Å². The van der Waals surface area contributed by atoms with Crippen molar-refractivity contribution in [2.45, 2.75) is 0 Å². The first-order chi connectivity index (χ1) is 11.1. The van der Waals surface area contributed by atoms with Gasteiger partial charge in [-0.25, -0.2) is 0 Å². The second-order valence-electron chi connectivity index (χ2n) is 4.64. The fourth-order valence-corrected chi connectivity index (χ4v) is 3.35. The number of thioether (sulfide) groups is 1. The van der Waals surface area contributed by atoms with Gasteiger partial charge < -0.3 is 9.90 Å². The molecule has 2 aromatic rings. The summed E-state index contributed by atoms with van der Waals surface area (Å²) in [4.78, 5) is 29.2. The molecule has 3 rings (SSSR count). The largest absolute Gasteiger partial charge is 0.545 e. The minimum Gasteiger partial charge on any atom is -0.545 e. The fraction of sp³-hybridized carbons (Fsp3) is 0. The minimum absolute atomic E-state index is 0.0464. The number of amides is 1. The molecule has 0 radical (unpaired) electrons. The van der Waals surface area contributed by atoms with Crippen molar-refractivity contribution >= 4 is 51.9 Å². The Kier molecular flexibility index (Phi) is 4.22. The van der Waals surface area contributed by atoms with E-state index in [1.807, 2.05) is 6.07 Å². The van der Waals surface area contributed by atoms with E-state index in [-0.39, 0.29) is 11.5 Å². The van der Waals surface area contributed by atoms with Crippen molar-refractivity contribution in [3.8, 4) is 0 Å². The summed E-state index contributed by atoms with van der Waals surface area (Å²) < 4.78 is 0.395. The van der Waals surface area contributed by atoms with Gasteiger partial charge in [0.1, 0.15) is 0 Å². The van der Waals surface area contributed by atoms with Crippen LogP contribution >= 0.6 is 24.0 Å². The van der Waals surface area contributed by atoms with Gasteiger partial charge in [-0.3, -0.25) is 14.7 Å². The van der Waals surface area contributed by atoms with Crippen molar-refractivity contribution in [2.75, 3.05) is 4.90 Å². The molecule has 0 spiro atoms. The molecule has 1 amide bonds. The van der Waals surface area contributed by atoms with Gasteiger partial charge in [-0.05, 0) is 35.4 Å². The molecule has 7 heteroatoms. The van der Waals surface area contributed by atoms with Gasteiger partial charge in [0.05, 0.1) is 16.6 Å². The maximum Gasteiger partial charge on any atom is 0.270 e. The number of carbonyl (C=O) groups excluding carboxylic acids is 2. The van der Waals surface area contributed by atoms with Crippen molar-refractivity contribution in [1.82, 2.24) is 4.98 Å². The van der Waals surface area contributed by atoms with Crippen LogP contribution in [-0.4, -0.2) is 21.2 Å². The predicted molar refractivity (Wildman–Crippen MR) is 90.7 cm³/mol. The van der Waals surface area contributed by atoms with E-state index in [2.05, 4.69) is 4.98 Å². The zero-order valence-corrected chi connectivity index (χ0v) is 13.3. The number of carboxylic acids is 1. The zero-order valence-electron chi connectivity index (χ0n) is 11.6. The molecule has 23 heavy (non-hydrogen) atoms. The SMILES string of the molecule is O=C([O-])c1ccc(N2C(=O)C(=Cc3cccnc3)SC2=S)cc1. The summed E-state index contributed by atoms with van der Waals surface area (Å²) in [7, 11) is 0. The molecule has 1 aliphatic rings. The average molecular weight is 341 g/mol. The number of pyridine rings is 1. The van der Waals surface area contributed by atoms with Gasteiger partial charge >= 0.3 is 0 Å². The lowest BCUT2D eigenvalue weighted by atomic mass is 10.2. The number of anilines is 1. The topological polar surface area (TPSA) is 73.3 Å². The molecule has 5 nitrogen and oxygen atoms in total. The Hall–Kier alpha value is -2.51. The molecule has 0 saturated carbocycles. The summed E-state index contributed by atoms with van der Waals surface area (Å²) in [6, 6.07) is 9.45. The van der Waals surface area contributed by atoms with E-state index in [1.165, 1.54) is 40.9 Å². The normalized spacial score (nSPS) is 16.2. The van der Waals surface area contributed by atoms with Crippen LogP contribution in [0.3, 0.4) is 0 Å². The molecule has 1 fully saturated rings. The molecule has 2 heterocycles. The Labute approximate surface area is 141 Å². The molecule has 0 unspecified atom stereocenters. The highest BCUT2D eigenvalue weighted by Crippen LogP contribution is 2.35. The average Bonchev–Trinajstić information content (AvgIpc) is 2.82. The van der Waals surface area contributed by atoms with Gasteiger partial charge in [-0.2, -0.15) is 0 Å². The zero-order chi connectivity index (χ0) is 16.4. The van der Waals surface area contributed by atoms with Crippen LogP contribution in [0.15, 0.2) is 53.7 Å². The third kappa shape index (κ3) is 3.15. The third-order valence-electron chi connectivity index (χ3n) is 3.14. The van der Waals surface area contributed by atoms with E-state index in [4.69, 9.17) is 12.2 Å². The fourth-order valence-electron chi connectivity index (χ4n) is 2.05. The van der Waals surface area contributed by atoms with Crippen LogP contribution in [0.25, 0.3) is 6.08 Å². The van der Waals surface area contributed by atoms with E-state index in [9.17, 15) is 14.7 Å². The van der Waals surface area contributed by atoms with Crippen LogP contribution in [0.1, 0.15) is 15.9 Å². The number of hydrogen-bond acceptors (Lipinski definition) is 6. The van der Waals surface area contributed by atoms with E-state index in [0.717, 1.165) is 5.56 Å². The Morgan fingerprint density at radius 1 is 1.26 bits per heavy atom. The Balaban J connectivity index is 1.90. The maximum atomic E-state index is 12.5. The first kappa shape index (κ1) is 15.4. The van der Waals surface area contributed by atoms with Gasteiger partial charge in [0, 0.05) is 12.4 Å². The molecular weight excluding hydrogens is 332 g/mol. The first-order valence-corrected chi connectivity index (χ1v) is 7.78. The number of thiocarbonyl (C=S) groups is 1. The summed E-state index contributed by atoms with van der Waals surface area (Å²) in [5, 5.41) is 10.8. The highest BCUT2D eigenvalue weighted by Gasteiger charge is 2.33. The second-order valence-corrected chi connectivity index (χ2v) is 6.31. The monoisotopic (exact) mass is 341 g/mol. The van der Waals surface area contributed by atoms with E-state index < -0.39 is 5.97 Å². The molecule has 114 valence electrons. The summed E-state index contributed by atoms with van der Waals surface area (Å²) in [5.74, 6) is -1.51. The van der Waals surface area contributed by atoms with Crippen molar-refractivity contribution < 1.29 is 14.7 Å². The summed E-state index contributed by atoms with van der Waals surface area (Å²) in [5.41, 5.74) is 1.37. The third-order valence-corrected chi connectivity index (χ3v) is 4.44. The van der Waals surface area contributed by atoms with E-state index >= 15 is 0 Å². The Bertz CT molecular complexity index is 817. The molecule has 0 N–H and O–H groups in total. The number of benzene rings is 1. The first-order valence-electron chi connectivity index (χ1n) is 6.55. The highest BCUT2D eigenvalue weighted by molar-refractivity contribution is 8.27. The summed E-state index contributed by atoms with van der Waals surface area (Å²) in [6.07, 6.45) is 5.03. The number of carboxylic acid groups (broad SMARTS) is 1. The molecule has 1 aliphatic heterocycles. The molecule has 0 atom stereocenters. The number of nitrogens with zero attached hydrogens (tertiary/aromatic N) is 2. The van der Waals surface area contributed by atoms with Crippen LogP contribution < -0.4 is 10.0 Å². The molecule has 1 aromatic heterocycles. The van der Waals surface area contributed by atoms with Crippen LogP contribution in [0.4, 0.5) is 5.69 Å². The Morgan fingerprint density at radius 2 is 2.00 bits per heavy atom. The molecule has 0 bridgehead atoms. The van der Waals surface area contributed by atoms with Crippen LogP contribution in [0.5, 0.6) is 0 Å². The van der Waals surface area contributed by atoms with Crippen molar-refractivity contribution in [3.05, 3.63) is 64.8 Å². The lowest BCUT2D eigenvalue weighted by molar-refractivity contribution is -0.255. The van der Waals surface area contributed by atoms with Gasteiger partial charge in [0.2, 0.25) is 0 Å². The van der Waals surface area contributed by atoms with E-state index in [0.29, 0.717) is 14.9 Å². The number of rotatable bonds is 3. The standard InChI is InChI=1S/C16H10N2O3S2/c19-14-13(8-10-2-1-7-17-9-10)23-16(22)18(14)12-5-3-11(4-6-12)15(20)21/h1-9H,(H,20,21)/p-1. The molecule has 1 aromatic carbocycles. The number of hydrogen-bond donors (Lipinski definition) is 0. The summed E-state index contributed by atoms with van der Waals surface area (Å²) >= 11 is 6.45. The smallest absolute Gasteiger partial charge is 0.270 e. The number of aromatic carboxylic acids is 1. The van der Waals surface area contributed by atoms with Gasteiger partial charge in [-0.15, -0.1) is 0 Å². The second kappa shape index (κ2) is 6.31. The van der Waals surface area contributed by atoms with Gasteiger partial charge in [0.15, 0.2) is 4.32 Å². The number of carbonyl (C=O) groups is 2. The minimum atomic E-state index is -1.27. The quantitative estimate of drug-likeness (QED) is 0.627. The lowest BCUT2D eigenvalue weighted by Gasteiger charge is -2.15. The van der Waals surface area contributed by atoms with Crippen molar-refractivity contribution in [2.24, 2.45) is 0 Å². The highest BCUT2D eigenvalue weighted by atomic mass is 32.2. The maximum absolute atomic E-state index is 12.5. The van der Waals surface area contributed by atoms with Crippen LogP contribution in [0.2, 0.25) is 0 Å². The molecule has 0 aliphatic carbocycles. The molecular formula is C16H9N2O3S2-.